The summed E-state index contributed by atoms with van der Waals surface area (Å²) in [4.78, 5) is 0. The summed E-state index contributed by atoms with van der Waals surface area (Å²) < 4.78 is 0. The summed E-state index contributed by atoms with van der Waals surface area (Å²) in [6, 6.07) is 0.321. The SMILES string of the molecule is C/C(N)=C/C(=N)N[C@H]1CC[C@H](O)CC1. The van der Waals surface area contributed by atoms with Crippen LogP contribution in [0.5, 0.6) is 0 Å². The van der Waals surface area contributed by atoms with Gasteiger partial charge in [-0.15, -0.1) is 0 Å². The molecule has 1 saturated carbocycles. The van der Waals surface area contributed by atoms with Crippen LogP contribution in [0.15, 0.2) is 11.8 Å². The molecule has 0 atom stereocenters. The minimum atomic E-state index is -0.144. The highest BCUT2D eigenvalue weighted by Crippen LogP contribution is 2.18. The van der Waals surface area contributed by atoms with Gasteiger partial charge in [0.1, 0.15) is 5.84 Å². The first-order chi connectivity index (χ1) is 6.58. The second-order valence-electron chi connectivity index (χ2n) is 3.95. The fourth-order valence-corrected chi connectivity index (χ4v) is 1.71. The number of nitrogens with one attached hydrogen (secondary N) is 2. The van der Waals surface area contributed by atoms with E-state index in [1.165, 1.54) is 0 Å². The van der Waals surface area contributed by atoms with Gasteiger partial charge in [-0.25, -0.2) is 0 Å². The average Bonchev–Trinajstić information content (AvgIpc) is 2.07. The molecule has 0 spiro atoms. The third-order valence-corrected chi connectivity index (χ3v) is 2.43. The number of hydrogen-bond donors (Lipinski definition) is 4. The quantitative estimate of drug-likeness (QED) is 0.389. The van der Waals surface area contributed by atoms with E-state index in [0.29, 0.717) is 17.6 Å². The summed E-state index contributed by atoms with van der Waals surface area (Å²) in [5.41, 5.74) is 6.10. The van der Waals surface area contributed by atoms with Crippen molar-refractivity contribution in [1.29, 1.82) is 5.41 Å². The van der Waals surface area contributed by atoms with Crippen LogP contribution in [0.4, 0.5) is 0 Å². The zero-order valence-electron chi connectivity index (χ0n) is 8.59. The predicted octanol–water partition coefficient (Wildman–Crippen LogP) is 0.719. The number of allylic oxidation sites excluding steroid dienone is 1. The van der Waals surface area contributed by atoms with Crippen molar-refractivity contribution in [3.63, 3.8) is 0 Å². The number of hydrogen-bond acceptors (Lipinski definition) is 3. The number of amidine groups is 1. The van der Waals surface area contributed by atoms with Gasteiger partial charge in [0.2, 0.25) is 0 Å². The molecular formula is C10H19N3O. The Labute approximate surface area is 84.7 Å². The van der Waals surface area contributed by atoms with Crippen LogP contribution < -0.4 is 11.1 Å². The van der Waals surface area contributed by atoms with E-state index in [2.05, 4.69) is 5.32 Å². The first kappa shape index (κ1) is 11.0. The first-order valence-electron chi connectivity index (χ1n) is 5.05. The monoisotopic (exact) mass is 197 g/mol. The van der Waals surface area contributed by atoms with Gasteiger partial charge in [-0.05, 0) is 38.7 Å². The Kier molecular flexibility index (Phi) is 3.95. The van der Waals surface area contributed by atoms with Crippen molar-refractivity contribution >= 4 is 5.84 Å². The van der Waals surface area contributed by atoms with Gasteiger partial charge in [0.25, 0.3) is 0 Å². The Morgan fingerprint density at radius 1 is 1.43 bits per heavy atom. The lowest BCUT2D eigenvalue weighted by molar-refractivity contribution is 0.120. The van der Waals surface area contributed by atoms with Gasteiger partial charge in [0.15, 0.2) is 0 Å². The maximum absolute atomic E-state index is 9.29. The Bertz CT molecular complexity index is 226. The van der Waals surface area contributed by atoms with Crippen molar-refractivity contribution in [3.8, 4) is 0 Å². The van der Waals surface area contributed by atoms with Gasteiger partial charge in [0, 0.05) is 11.7 Å². The molecule has 14 heavy (non-hydrogen) atoms. The minimum absolute atomic E-state index is 0.144. The van der Waals surface area contributed by atoms with Crippen molar-refractivity contribution in [2.75, 3.05) is 0 Å². The van der Waals surface area contributed by atoms with Crippen LogP contribution in [0.1, 0.15) is 32.6 Å². The molecule has 0 aromatic rings. The van der Waals surface area contributed by atoms with Gasteiger partial charge in [0.05, 0.1) is 6.10 Å². The van der Waals surface area contributed by atoms with Crippen molar-refractivity contribution in [2.24, 2.45) is 5.73 Å². The number of rotatable bonds is 2. The maximum Gasteiger partial charge on any atom is 0.119 e. The van der Waals surface area contributed by atoms with E-state index >= 15 is 0 Å². The van der Waals surface area contributed by atoms with Crippen LogP contribution in [0, 0.1) is 5.41 Å². The molecule has 5 N–H and O–H groups in total. The smallest absolute Gasteiger partial charge is 0.119 e. The highest BCUT2D eigenvalue weighted by atomic mass is 16.3. The van der Waals surface area contributed by atoms with Gasteiger partial charge >= 0.3 is 0 Å². The van der Waals surface area contributed by atoms with Crippen molar-refractivity contribution in [2.45, 2.75) is 44.8 Å². The molecule has 1 aliphatic carbocycles. The van der Waals surface area contributed by atoms with E-state index in [1.807, 2.05) is 0 Å². The Morgan fingerprint density at radius 3 is 2.50 bits per heavy atom. The van der Waals surface area contributed by atoms with Crippen LogP contribution in [0.25, 0.3) is 0 Å². The van der Waals surface area contributed by atoms with E-state index in [9.17, 15) is 5.11 Å². The molecule has 0 bridgehead atoms. The molecule has 0 aromatic heterocycles. The first-order valence-corrected chi connectivity index (χ1v) is 5.05. The third-order valence-electron chi connectivity index (χ3n) is 2.43. The molecule has 0 radical (unpaired) electrons. The molecule has 0 heterocycles. The van der Waals surface area contributed by atoms with Crippen LogP contribution in [-0.2, 0) is 0 Å². The van der Waals surface area contributed by atoms with E-state index in [0.717, 1.165) is 25.7 Å². The number of aliphatic hydroxyl groups excluding tert-OH is 1. The Morgan fingerprint density at radius 2 is 2.00 bits per heavy atom. The highest BCUT2D eigenvalue weighted by molar-refractivity contribution is 5.90. The average molecular weight is 197 g/mol. The topological polar surface area (TPSA) is 82.1 Å². The summed E-state index contributed by atoms with van der Waals surface area (Å²) in [5, 5.41) is 20.0. The molecule has 0 amide bonds. The minimum Gasteiger partial charge on any atom is -0.402 e. The van der Waals surface area contributed by atoms with Gasteiger partial charge < -0.3 is 16.2 Å². The number of aliphatic hydroxyl groups is 1. The molecule has 0 saturated heterocycles. The normalized spacial score (nSPS) is 28.6. The zero-order chi connectivity index (χ0) is 10.6. The molecule has 0 aromatic carbocycles. The lowest BCUT2D eigenvalue weighted by Gasteiger charge is -2.26. The fraction of sp³-hybridized carbons (Fsp3) is 0.700. The zero-order valence-corrected chi connectivity index (χ0v) is 8.59. The summed E-state index contributed by atoms with van der Waals surface area (Å²) in [5.74, 6) is 0.367. The van der Waals surface area contributed by atoms with Crippen LogP contribution in [-0.4, -0.2) is 23.1 Å². The molecular weight excluding hydrogens is 178 g/mol. The van der Waals surface area contributed by atoms with E-state index < -0.39 is 0 Å². The van der Waals surface area contributed by atoms with Crippen molar-refractivity contribution < 1.29 is 5.11 Å². The van der Waals surface area contributed by atoms with Gasteiger partial charge in [-0.3, -0.25) is 5.41 Å². The third kappa shape index (κ3) is 3.79. The lowest BCUT2D eigenvalue weighted by atomic mass is 9.93. The second kappa shape index (κ2) is 5.00. The molecule has 1 fully saturated rings. The molecule has 0 unspecified atom stereocenters. The summed E-state index contributed by atoms with van der Waals surface area (Å²) in [6.45, 7) is 1.76. The van der Waals surface area contributed by atoms with E-state index in [-0.39, 0.29) is 6.10 Å². The Balaban J connectivity index is 2.31. The summed E-state index contributed by atoms with van der Waals surface area (Å²) in [6.07, 6.45) is 4.99. The fourth-order valence-electron chi connectivity index (χ4n) is 1.71. The van der Waals surface area contributed by atoms with E-state index in [1.54, 1.807) is 13.0 Å². The summed E-state index contributed by atoms with van der Waals surface area (Å²) >= 11 is 0. The molecule has 4 heteroatoms. The van der Waals surface area contributed by atoms with Gasteiger partial charge in [-0.2, -0.15) is 0 Å². The molecule has 1 rings (SSSR count). The van der Waals surface area contributed by atoms with Crippen LogP contribution in [0.2, 0.25) is 0 Å². The Hall–Kier alpha value is -1.03. The standard InChI is InChI=1S/C10H19N3O/c1-7(11)6-10(12)13-8-2-4-9(14)5-3-8/h6,8-9,14H,2-5,11H2,1H3,(H2,12,13)/b7-6-/t8-,9-. The predicted molar refractivity (Wildman–Crippen MR) is 57.1 cm³/mol. The number of nitrogens with two attached hydrogens (primary N) is 1. The second-order valence-corrected chi connectivity index (χ2v) is 3.95. The molecule has 80 valence electrons. The van der Waals surface area contributed by atoms with Crippen LogP contribution >= 0.6 is 0 Å². The largest absolute Gasteiger partial charge is 0.402 e. The lowest BCUT2D eigenvalue weighted by Crippen LogP contribution is -2.37. The molecule has 1 aliphatic rings. The highest BCUT2D eigenvalue weighted by Gasteiger charge is 2.19. The van der Waals surface area contributed by atoms with Crippen molar-refractivity contribution in [1.82, 2.24) is 5.32 Å². The maximum atomic E-state index is 9.29. The van der Waals surface area contributed by atoms with Crippen molar-refractivity contribution in [3.05, 3.63) is 11.8 Å². The summed E-state index contributed by atoms with van der Waals surface area (Å²) in [7, 11) is 0. The van der Waals surface area contributed by atoms with Crippen LogP contribution in [0.3, 0.4) is 0 Å². The van der Waals surface area contributed by atoms with Gasteiger partial charge in [-0.1, -0.05) is 0 Å². The van der Waals surface area contributed by atoms with E-state index in [4.69, 9.17) is 11.1 Å². The molecule has 0 aliphatic heterocycles. The molecule has 4 nitrogen and oxygen atoms in total.